The normalized spacial score (nSPS) is 18.7. The van der Waals surface area contributed by atoms with E-state index < -0.39 is 70.6 Å². The largest absolute Gasteiger partial charge is 0.481 e. The van der Waals surface area contributed by atoms with Gasteiger partial charge in [-0.2, -0.15) is 4.31 Å². The zero-order valence-corrected chi connectivity index (χ0v) is 40.2. The van der Waals surface area contributed by atoms with Gasteiger partial charge in [-0.1, -0.05) is 167 Å². The predicted octanol–water partition coefficient (Wildman–Crippen LogP) is 11.2. The van der Waals surface area contributed by atoms with Crippen LogP contribution >= 0.6 is 15.6 Å². The second kappa shape index (κ2) is 34.0. The fourth-order valence-electron chi connectivity index (χ4n) is 7.45. The summed E-state index contributed by atoms with van der Waals surface area (Å²) in [4.78, 5) is 62.7. The molecule has 0 bridgehead atoms. The third-order valence-corrected chi connectivity index (χ3v) is 13.7. The van der Waals surface area contributed by atoms with Crippen LogP contribution in [0.5, 0.6) is 0 Å². The zero-order valence-electron chi connectivity index (χ0n) is 38.4. The number of azide groups is 1. The van der Waals surface area contributed by atoms with Crippen LogP contribution in [-0.4, -0.2) is 70.0 Å². The molecule has 6 atom stereocenters. The second-order valence-corrected chi connectivity index (χ2v) is 19.8. The molecule has 0 radical (unpaired) electrons. The van der Waals surface area contributed by atoms with E-state index in [1.165, 1.54) is 122 Å². The van der Waals surface area contributed by atoms with Crippen molar-refractivity contribution in [2.45, 2.75) is 219 Å². The molecule has 2 rings (SSSR count). The van der Waals surface area contributed by atoms with Crippen molar-refractivity contribution in [1.82, 2.24) is 9.55 Å². The molecular formula is C43H79N5O13P2. The molecule has 0 saturated carbocycles. The number of aryl methyl sites for hydroxylation is 1. The number of hydrogen-bond donors (Lipinski definition) is 3. The molecule has 0 spiro atoms. The molecule has 0 aliphatic carbocycles. The summed E-state index contributed by atoms with van der Waals surface area (Å²) in [6.07, 6.45) is 27.4. The van der Waals surface area contributed by atoms with Crippen molar-refractivity contribution in [3.05, 3.63) is 43.0 Å². The Balaban J connectivity index is 1.84. The molecule has 1 aliphatic heterocycles. The Morgan fingerprint density at radius 1 is 0.810 bits per heavy atom. The van der Waals surface area contributed by atoms with Gasteiger partial charge in [-0.05, 0) is 25.3 Å². The summed E-state index contributed by atoms with van der Waals surface area (Å²) in [7, 11) is -10.6. The van der Waals surface area contributed by atoms with Crippen LogP contribution in [-0.2, 0) is 41.5 Å². The van der Waals surface area contributed by atoms with Crippen molar-refractivity contribution in [3.63, 3.8) is 0 Å². The first-order valence-electron chi connectivity index (χ1n) is 23.8. The maximum absolute atomic E-state index is 12.9. The molecule has 1 fully saturated rings. The number of esters is 1. The number of phosphoric acid groups is 2. The van der Waals surface area contributed by atoms with Crippen molar-refractivity contribution >= 4 is 21.6 Å². The summed E-state index contributed by atoms with van der Waals surface area (Å²) in [5.74, 6) is -0.519. The van der Waals surface area contributed by atoms with E-state index in [-0.39, 0.29) is 25.0 Å². The van der Waals surface area contributed by atoms with E-state index >= 15 is 0 Å². The number of nitrogens with one attached hydrogen (secondary N) is 1. The Morgan fingerprint density at radius 2 is 1.30 bits per heavy atom. The van der Waals surface area contributed by atoms with Crippen LogP contribution in [0, 0.1) is 6.92 Å². The highest BCUT2D eigenvalue weighted by Crippen LogP contribution is 2.60. The lowest BCUT2D eigenvalue weighted by Gasteiger charge is -2.22. The summed E-state index contributed by atoms with van der Waals surface area (Å²) >= 11 is 0. The van der Waals surface area contributed by atoms with E-state index in [9.17, 15) is 33.3 Å². The average Bonchev–Trinajstić information content (AvgIpc) is 3.64. The topological polar surface area (TPSA) is 251 Å². The minimum Gasteiger partial charge on any atom is -0.457 e. The summed E-state index contributed by atoms with van der Waals surface area (Å²) in [5, 5.41) is 3.61. The minimum atomic E-state index is -5.31. The third kappa shape index (κ3) is 27.0. The van der Waals surface area contributed by atoms with E-state index in [1.807, 2.05) is 0 Å². The van der Waals surface area contributed by atoms with Crippen LogP contribution < -0.4 is 11.2 Å². The molecule has 1 aromatic rings. The smallest absolute Gasteiger partial charge is 0.457 e. The van der Waals surface area contributed by atoms with Gasteiger partial charge in [0.1, 0.15) is 12.3 Å². The number of ether oxygens (including phenoxy) is 3. The quantitative estimate of drug-likeness (QED) is 0.0138. The first-order valence-corrected chi connectivity index (χ1v) is 26.7. The van der Waals surface area contributed by atoms with E-state index in [1.54, 1.807) is 0 Å². The van der Waals surface area contributed by atoms with Crippen LogP contribution in [0.1, 0.15) is 199 Å². The second-order valence-electron chi connectivity index (χ2n) is 16.8. The van der Waals surface area contributed by atoms with Gasteiger partial charge in [-0.15, -0.1) is 0 Å². The number of phosphoric ester groups is 2. The zero-order chi connectivity index (χ0) is 46.2. The van der Waals surface area contributed by atoms with Gasteiger partial charge < -0.3 is 24.0 Å². The maximum atomic E-state index is 12.9. The Kier molecular flexibility index (Phi) is 30.7. The predicted molar refractivity (Wildman–Crippen MR) is 242 cm³/mol. The molecule has 1 aromatic heterocycles. The van der Waals surface area contributed by atoms with E-state index in [4.69, 9.17) is 28.8 Å². The molecule has 3 N–H and O–H groups in total. The summed E-state index contributed by atoms with van der Waals surface area (Å²) in [6, 6.07) is -0.985. The number of unbranched alkanes of at least 4 members (excludes halogenated alkanes) is 23. The fourth-order valence-corrected chi connectivity index (χ4v) is 9.56. The van der Waals surface area contributed by atoms with Crippen LogP contribution in [0.2, 0.25) is 0 Å². The van der Waals surface area contributed by atoms with Gasteiger partial charge in [0.05, 0.1) is 32.0 Å². The number of nitrogens with zero attached hydrogens (tertiary/aromatic N) is 4. The standard InChI is InChI=1S/C43H79N5O13P2/c1-4-6-8-10-12-14-16-18-19-21-23-25-27-29-41(49)59-37(33-56-30-28-26-24-22-20-17-15-13-11-9-7-5-2)34-57-62(52,53)61-63(54,55)58-35-39-38(46-47-44)31-40(60-39)48-32-36(3)42(50)45-43(48)51/h32,37-40H,4-31,33-35H2,1-3H3,(H,52,53)(H,54,55)(H,45,50,51)/t37?,38?,39-,40-/m1/s1. The molecule has 20 heteroatoms. The van der Waals surface area contributed by atoms with Gasteiger partial charge >= 0.3 is 27.3 Å². The van der Waals surface area contributed by atoms with E-state index in [0.29, 0.717) is 13.0 Å². The van der Waals surface area contributed by atoms with Gasteiger partial charge in [0.2, 0.25) is 0 Å². The molecule has 1 aliphatic rings. The van der Waals surface area contributed by atoms with E-state index in [2.05, 4.69) is 33.2 Å². The van der Waals surface area contributed by atoms with Crippen LogP contribution in [0.25, 0.3) is 10.4 Å². The number of hydrogen-bond acceptors (Lipinski definition) is 12. The number of carbonyl (C=O) groups excluding carboxylic acids is 1. The monoisotopic (exact) mass is 936 g/mol. The van der Waals surface area contributed by atoms with Crippen molar-refractivity contribution in [2.24, 2.45) is 5.11 Å². The molecule has 63 heavy (non-hydrogen) atoms. The van der Waals surface area contributed by atoms with Crippen LogP contribution in [0.3, 0.4) is 0 Å². The Hall–Kier alpha value is -2.36. The molecule has 4 unspecified atom stereocenters. The SMILES string of the molecule is CCCCCCCCCCCCCCCC(=O)OC(COCCCCCCCCCCCCCC)COP(=O)(O)OP(=O)(O)OC[C@H]1O[C@@H](n2cc(C)c(=O)[nH]c2=O)CC1N=[N+]=[N-]. The van der Waals surface area contributed by atoms with Gasteiger partial charge in [-0.25, -0.2) is 13.9 Å². The van der Waals surface area contributed by atoms with Crippen molar-refractivity contribution in [1.29, 1.82) is 0 Å². The van der Waals surface area contributed by atoms with Gasteiger partial charge in [0.15, 0.2) is 0 Å². The lowest BCUT2D eigenvalue weighted by Crippen LogP contribution is -2.33. The van der Waals surface area contributed by atoms with Crippen molar-refractivity contribution in [2.75, 3.05) is 26.4 Å². The highest BCUT2D eigenvalue weighted by molar-refractivity contribution is 7.61. The summed E-state index contributed by atoms with van der Waals surface area (Å²) in [6.45, 7) is 4.76. The maximum Gasteiger partial charge on any atom is 0.481 e. The van der Waals surface area contributed by atoms with Gasteiger partial charge in [0.25, 0.3) is 5.56 Å². The Bertz CT molecular complexity index is 1660. The van der Waals surface area contributed by atoms with Gasteiger partial charge in [0, 0.05) is 36.1 Å². The molecule has 364 valence electrons. The Morgan fingerprint density at radius 3 is 1.83 bits per heavy atom. The third-order valence-electron chi connectivity index (χ3n) is 11.1. The van der Waals surface area contributed by atoms with E-state index in [0.717, 1.165) is 49.5 Å². The molecule has 2 heterocycles. The summed E-state index contributed by atoms with van der Waals surface area (Å²) < 4.78 is 58.3. The number of carbonyl (C=O) groups is 1. The lowest BCUT2D eigenvalue weighted by molar-refractivity contribution is -0.154. The minimum absolute atomic E-state index is 0.0531. The molecular weight excluding hydrogens is 856 g/mol. The first-order chi connectivity index (χ1) is 30.3. The fraction of sp³-hybridized carbons (Fsp3) is 0.884. The average molecular weight is 936 g/mol. The highest BCUT2D eigenvalue weighted by atomic mass is 31.3. The van der Waals surface area contributed by atoms with Crippen LogP contribution in [0.15, 0.2) is 20.9 Å². The number of aromatic nitrogens is 2. The van der Waals surface area contributed by atoms with Gasteiger partial charge in [-0.3, -0.25) is 28.2 Å². The molecule has 1 saturated heterocycles. The highest BCUT2D eigenvalue weighted by Gasteiger charge is 2.41. The molecule has 0 aromatic carbocycles. The Labute approximate surface area is 374 Å². The van der Waals surface area contributed by atoms with Crippen LogP contribution in [0.4, 0.5) is 0 Å². The molecule has 0 amide bonds. The lowest BCUT2D eigenvalue weighted by atomic mass is 10.0. The van der Waals surface area contributed by atoms with Crippen molar-refractivity contribution in [3.8, 4) is 0 Å². The number of aromatic amines is 1. The number of H-pyrrole nitrogens is 1. The molecule has 18 nitrogen and oxygen atoms in total. The van der Waals surface area contributed by atoms with Crippen molar-refractivity contribution < 1.29 is 51.3 Å². The first kappa shape index (κ1) is 56.8. The number of rotatable bonds is 40. The summed E-state index contributed by atoms with van der Waals surface area (Å²) in [5.41, 5.74) is 7.89.